The van der Waals surface area contributed by atoms with E-state index >= 15 is 0 Å². The molecule has 0 atom stereocenters. The molecule has 33 heavy (non-hydrogen) atoms. The minimum atomic E-state index is -4.70. The molecule has 2 aromatic carbocycles. The van der Waals surface area contributed by atoms with E-state index in [1.807, 2.05) is 24.3 Å². The molecule has 2 heterocycles. The summed E-state index contributed by atoms with van der Waals surface area (Å²) in [4.78, 5) is 19.8. The quantitative estimate of drug-likeness (QED) is 0.454. The molecule has 0 unspecified atom stereocenters. The summed E-state index contributed by atoms with van der Waals surface area (Å²) >= 11 is 0. The van der Waals surface area contributed by atoms with Crippen molar-refractivity contribution in [2.24, 2.45) is 0 Å². The SMILES string of the molecule is COc1ccc(CNC(=O)Cc2cn(-c3ccc(-c4noc(C(F)(F)F)n4)cc3)cn2)cc1. The Kier molecular flexibility index (Phi) is 6.11. The Bertz CT molecular complexity index is 1230. The van der Waals surface area contributed by atoms with E-state index in [9.17, 15) is 18.0 Å². The van der Waals surface area contributed by atoms with Crippen LogP contribution < -0.4 is 10.1 Å². The number of benzene rings is 2. The van der Waals surface area contributed by atoms with Crippen LogP contribution in [0.25, 0.3) is 17.1 Å². The van der Waals surface area contributed by atoms with E-state index in [1.165, 1.54) is 0 Å². The van der Waals surface area contributed by atoms with Gasteiger partial charge in [0.15, 0.2) is 0 Å². The zero-order chi connectivity index (χ0) is 23.4. The first kappa shape index (κ1) is 22.1. The zero-order valence-corrected chi connectivity index (χ0v) is 17.3. The molecule has 0 saturated heterocycles. The fraction of sp³-hybridized carbons (Fsp3) is 0.182. The second kappa shape index (κ2) is 9.15. The Balaban J connectivity index is 1.35. The fourth-order valence-electron chi connectivity index (χ4n) is 3.01. The second-order valence-corrected chi connectivity index (χ2v) is 7.04. The molecule has 0 aliphatic heterocycles. The average molecular weight is 457 g/mol. The fourth-order valence-corrected chi connectivity index (χ4v) is 3.01. The normalized spacial score (nSPS) is 11.4. The van der Waals surface area contributed by atoms with Crippen molar-refractivity contribution in [2.45, 2.75) is 19.1 Å². The summed E-state index contributed by atoms with van der Waals surface area (Å²) in [5.74, 6) is -0.990. The van der Waals surface area contributed by atoms with Crippen molar-refractivity contribution in [1.29, 1.82) is 0 Å². The predicted octanol–water partition coefficient (Wildman–Crippen LogP) is 3.81. The Hall–Kier alpha value is -4.15. The predicted molar refractivity (Wildman–Crippen MR) is 110 cm³/mol. The van der Waals surface area contributed by atoms with Gasteiger partial charge >= 0.3 is 12.1 Å². The van der Waals surface area contributed by atoms with Crippen LogP contribution in [0.5, 0.6) is 5.75 Å². The van der Waals surface area contributed by atoms with Gasteiger partial charge in [-0.1, -0.05) is 17.3 Å². The molecule has 1 amide bonds. The summed E-state index contributed by atoms with van der Waals surface area (Å²) in [5.41, 5.74) is 2.59. The summed E-state index contributed by atoms with van der Waals surface area (Å²) in [7, 11) is 1.59. The summed E-state index contributed by atoms with van der Waals surface area (Å²) < 4.78 is 48.9. The highest BCUT2D eigenvalue weighted by Gasteiger charge is 2.38. The number of rotatable bonds is 7. The molecule has 8 nitrogen and oxygen atoms in total. The van der Waals surface area contributed by atoms with Gasteiger partial charge in [-0.15, -0.1) is 0 Å². The van der Waals surface area contributed by atoms with Gasteiger partial charge in [-0.3, -0.25) is 4.79 Å². The number of hydrogen-bond donors (Lipinski definition) is 1. The third kappa shape index (κ3) is 5.37. The third-order valence-corrected chi connectivity index (χ3v) is 4.72. The van der Waals surface area contributed by atoms with E-state index in [4.69, 9.17) is 4.74 Å². The number of hydrogen-bond acceptors (Lipinski definition) is 6. The Morgan fingerprint density at radius 2 is 1.85 bits per heavy atom. The summed E-state index contributed by atoms with van der Waals surface area (Å²) in [5, 5.41) is 6.20. The highest BCUT2D eigenvalue weighted by Crippen LogP contribution is 2.29. The van der Waals surface area contributed by atoms with E-state index in [1.54, 1.807) is 48.5 Å². The molecule has 2 aromatic heterocycles. The summed E-state index contributed by atoms with van der Waals surface area (Å²) in [6.07, 6.45) is -1.33. The summed E-state index contributed by atoms with van der Waals surface area (Å²) in [6.45, 7) is 0.386. The van der Waals surface area contributed by atoms with Crippen molar-refractivity contribution in [3.63, 3.8) is 0 Å². The number of ether oxygens (including phenoxy) is 1. The van der Waals surface area contributed by atoms with Crippen molar-refractivity contribution < 1.29 is 27.2 Å². The van der Waals surface area contributed by atoms with Gasteiger partial charge in [0.25, 0.3) is 0 Å². The number of nitrogens with zero attached hydrogens (tertiary/aromatic N) is 4. The van der Waals surface area contributed by atoms with Gasteiger partial charge < -0.3 is 19.1 Å². The lowest BCUT2D eigenvalue weighted by Gasteiger charge is -2.05. The lowest BCUT2D eigenvalue weighted by atomic mass is 10.2. The molecule has 0 aliphatic carbocycles. The lowest BCUT2D eigenvalue weighted by molar-refractivity contribution is -0.159. The number of alkyl halides is 3. The van der Waals surface area contributed by atoms with E-state index in [0.717, 1.165) is 11.3 Å². The maximum atomic E-state index is 12.6. The monoisotopic (exact) mass is 457 g/mol. The molecular weight excluding hydrogens is 439 g/mol. The maximum Gasteiger partial charge on any atom is 0.471 e. The van der Waals surface area contributed by atoms with Crippen LogP contribution in [0.2, 0.25) is 0 Å². The number of halogens is 3. The molecule has 4 aromatic rings. The van der Waals surface area contributed by atoms with E-state index < -0.39 is 12.1 Å². The van der Waals surface area contributed by atoms with Gasteiger partial charge in [0.2, 0.25) is 11.7 Å². The zero-order valence-electron chi connectivity index (χ0n) is 17.3. The number of amides is 1. The van der Waals surface area contributed by atoms with Crippen LogP contribution in [-0.2, 0) is 23.9 Å². The molecule has 0 fully saturated rings. The Labute approximate surface area is 186 Å². The molecule has 0 aliphatic rings. The minimum Gasteiger partial charge on any atom is -0.497 e. The smallest absolute Gasteiger partial charge is 0.471 e. The van der Waals surface area contributed by atoms with Gasteiger partial charge in [-0.25, -0.2) is 4.98 Å². The Morgan fingerprint density at radius 3 is 2.48 bits per heavy atom. The van der Waals surface area contributed by atoms with E-state index in [2.05, 4.69) is 25.0 Å². The number of carbonyl (C=O) groups is 1. The van der Waals surface area contributed by atoms with Gasteiger partial charge in [0.05, 0.1) is 25.6 Å². The number of aromatic nitrogens is 4. The van der Waals surface area contributed by atoms with Crippen LogP contribution in [-0.4, -0.2) is 32.7 Å². The molecule has 0 radical (unpaired) electrons. The third-order valence-electron chi connectivity index (χ3n) is 4.72. The molecule has 4 rings (SSSR count). The first-order valence-electron chi connectivity index (χ1n) is 9.76. The van der Waals surface area contributed by atoms with Crippen molar-refractivity contribution in [3.8, 4) is 22.8 Å². The molecule has 170 valence electrons. The number of nitrogens with one attached hydrogen (secondary N) is 1. The highest BCUT2D eigenvalue weighted by atomic mass is 19.4. The van der Waals surface area contributed by atoms with Crippen molar-refractivity contribution >= 4 is 5.91 Å². The number of imidazole rings is 1. The van der Waals surface area contributed by atoms with E-state index in [-0.39, 0.29) is 18.2 Å². The van der Waals surface area contributed by atoms with Gasteiger partial charge in [0, 0.05) is 24.0 Å². The molecule has 0 spiro atoms. The molecule has 0 saturated carbocycles. The van der Waals surface area contributed by atoms with Crippen LogP contribution in [0.4, 0.5) is 13.2 Å². The van der Waals surface area contributed by atoms with Crippen molar-refractivity contribution in [2.75, 3.05) is 7.11 Å². The van der Waals surface area contributed by atoms with Crippen LogP contribution in [0, 0.1) is 0 Å². The maximum absolute atomic E-state index is 12.6. The average Bonchev–Trinajstić information content (AvgIpc) is 3.48. The first-order valence-corrected chi connectivity index (χ1v) is 9.76. The van der Waals surface area contributed by atoms with Crippen molar-refractivity contribution in [1.82, 2.24) is 25.0 Å². The topological polar surface area (TPSA) is 95.1 Å². The first-order chi connectivity index (χ1) is 15.8. The molecular formula is C22H18F3N5O3. The number of methoxy groups -OCH3 is 1. The van der Waals surface area contributed by atoms with E-state index in [0.29, 0.717) is 23.5 Å². The van der Waals surface area contributed by atoms with Crippen LogP contribution >= 0.6 is 0 Å². The van der Waals surface area contributed by atoms with Gasteiger partial charge in [-0.2, -0.15) is 18.2 Å². The lowest BCUT2D eigenvalue weighted by Crippen LogP contribution is -2.24. The molecule has 0 bridgehead atoms. The van der Waals surface area contributed by atoms with Crippen molar-refractivity contribution in [3.05, 3.63) is 78.2 Å². The Morgan fingerprint density at radius 1 is 1.12 bits per heavy atom. The van der Waals surface area contributed by atoms with Gasteiger partial charge in [-0.05, 0) is 42.0 Å². The number of carbonyl (C=O) groups excluding carboxylic acids is 1. The van der Waals surface area contributed by atoms with Crippen LogP contribution in [0.15, 0.2) is 65.6 Å². The molecule has 11 heteroatoms. The standard InChI is InChI=1S/C22H18F3N5O3/c1-32-18-8-2-14(3-9-18)11-26-19(31)10-16-12-30(13-27-16)17-6-4-15(5-7-17)20-28-21(33-29-20)22(23,24)25/h2-9,12-13H,10-11H2,1H3,(H,26,31). The highest BCUT2D eigenvalue weighted by molar-refractivity contribution is 5.78. The van der Waals surface area contributed by atoms with Crippen LogP contribution in [0.1, 0.15) is 17.1 Å². The molecule has 1 N–H and O–H groups in total. The minimum absolute atomic E-state index is 0.102. The second-order valence-electron chi connectivity index (χ2n) is 7.04. The van der Waals surface area contributed by atoms with Gasteiger partial charge in [0.1, 0.15) is 5.75 Å². The largest absolute Gasteiger partial charge is 0.497 e. The summed E-state index contributed by atoms with van der Waals surface area (Å²) in [6, 6.07) is 13.9. The van der Waals surface area contributed by atoms with Crippen LogP contribution in [0.3, 0.4) is 0 Å².